The van der Waals surface area contributed by atoms with Crippen LogP contribution < -0.4 is 10.6 Å². The third-order valence-corrected chi connectivity index (χ3v) is 8.41. The zero-order valence-electron chi connectivity index (χ0n) is 16.5. The van der Waals surface area contributed by atoms with E-state index in [2.05, 4.69) is 10.6 Å². The minimum absolute atomic E-state index is 0. The van der Waals surface area contributed by atoms with Crippen LogP contribution >= 0.6 is 23.2 Å². The predicted octanol–water partition coefficient (Wildman–Crippen LogP) is 5.83. The van der Waals surface area contributed by atoms with E-state index in [1.807, 2.05) is 0 Å². The van der Waals surface area contributed by atoms with Crippen LogP contribution in [0.25, 0.3) is 0 Å². The van der Waals surface area contributed by atoms with E-state index in [9.17, 15) is 13.2 Å². The molecule has 0 radical (unpaired) electrons. The molecule has 0 spiro atoms. The first kappa shape index (κ1) is 28.0. The second-order valence-corrected chi connectivity index (χ2v) is 10.6. The Morgan fingerprint density at radius 1 is 1.00 bits per heavy atom. The summed E-state index contributed by atoms with van der Waals surface area (Å²) in [6.07, 6.45) is 9.48. The monoisotopic (exact) mass is 493 g/mol. The normalized spacial score (nSPS) is 20.6. The molecule has 0 bridgehead atoms. The van der Waals surface area contributed by atoms with Gasteiger partial charge in [-0.15, -0.1) is 0 Å². The third kappa shape index (κ3) is 7.52. The Balaban J connectivity index is 0.00000240. The first-order chi connectivity index (χ1) is 13.9. The molecular formula is C22H37Cl2N3O3S. The zero-order valence-corrected chi connectivity index (χ0v) is 18.8. The second kappa shape index (κ2) is 12.9. The summed E-state index contributed by atoms with van der Waals surface area (Å²) in [6, 6.07) is 4.09. The van der Waals surface area contributed by atoms with Gasteiger partial charge in [0.15, 0.2) is 0 Å². The fourth-order valence-corrected chi connectivity index (χ4v) is 6.63. The number of nitrogens with zero attached hydrogens (tertiary/aromatic N) is 1. The molecule has 2 fully saturated rings. The van der Waals surface area contributed by atoms with Crippen molar-refractivity contribution in [1.29, 1.82) is 0 Å². The molecule has 1 unspecified atom stereocenters. The molecule has 9 heteroatoms. The van der Waals surface area contributed by atoms with Crippen LogP contribution in [-0.2, 0) is 10.0 Å². The summed E-state index contributed by atoms with van der Waals surface area (Å²) >= 11 is 12.0. The Hall–Kier alpha value is -1.02. The fourth-order valence-electron chi connectivity index (χ4n) is 4.19. The number of amides is 2. The Bertz CT molecular complexity index is 812. The molecule has 3 rings (SSSR count). The van der Waals surface area contributed by atoms with Gasteiger partial charge in [0.1, 0.15) is 4.90 Å². The number of urea groups is 1. The number of hydrogen-bond donors (Lipinski definition) is 2. The molecule has 2 amide bonds. The van der Waals surface area contributed by atoms with Gasteiger partial charge in [-0.05, 0) is 43.9 Å². The fraction of sp³-hybridized carbons (Fsp3) is 0.682. The Morgan fingerprint density at radius 3 is 2.29 bits per heavy atom. The van der Waals surface area contributed by atoms with Crippen LogP contribution in [0.4, 0.5) is 4.79 Å². The standard InChI is InChI=1S/C20H29Cl2N3O3S.2CH4/c21-15-10-11-19(18(22)13-15)29(27,28)25-12-6-9-17(25)14-23-20(26)24-16-7-4-2-1-3-5-8-16;;/h10-11,13,16-17H,1-9,12,14H2,(H2,23,24,26);2*1H4. The van der Waals surface area contributed by atoms with Crippen molar-refractivity contribution >= 4 is 39.3 Å². The molecule has 178 valence electrons. The smallest absolute Gasteiger partial charge is 0.315 e. The molecule has 1 aromatic rings. The molecule has 1 aliphatic carbocycles. The molecular weight excluding hydrogens is 457 g/mol. The highest BCUT2D eigenvalue weighted by Gasteiger charge is 2.36. The number of nitrogens with one attached hydrogen (secondary N) is 2. The molecule has 2 N–H and O–H groups in total. The van der Waals surface area contributed by atoms with Gasteiger partial charge in [-0.25, -0.2) is 13.2 Å². The molecule has 6 nitrogen and oxygen atoms in total. The average Bonchev–Trinajstić information content (AvgIpc) is 3.11. The van der Waals surface area contributed by atoms with E-state index in [0.29, 0.717) is 18.0 Å². The van der Waals surface area contributed by atoms with E-state index in [1.54, 1.807) is 0 Å². The summed E-state index contributed by atoms with van der Waals surface area (Å²) in [4.78, 5) is 12.4. The predicted molar refractivity (Wildman–Crippen MR) is 129 cm³/mol. The van der Waals surface area contributed by atoms with Gasteiger partial charge in [-0.1, -0.05) is 70.2 Å². The maximum atomic E-state index is 13.1. The van der Waals surface area contributed by atoms with Crippen LogP contribution in [0.15, 0.2) is 23.1 Å². The van der Waals surface area contributed by atoms with E-state index in [4.69, 9.17) is 23.2 Å². The van der Waals surface area contributed by atoms with Crippen molar-refractivity contribution in [3.05, 3.63) is 28.2 Å². The lowest BCUT2D eigenvalue weighted by atomic mass is 9.97. The molecule has 1 saturated carbocycles. The van der Waals surface area contributed by atoms with Gasteiger partial charge in [0.2, 0.25) is 10.0 Å². The third-order valence-electron chi connectivity index (χ3n) is 5.74. The van der Waals surface area contributed by atoms with Crippen LogP contribution in [0.1, 0.15) is 72.6 Å². The number of rotatable bonds is 5. The molecule has 1 atom stereocenters. The van der Waals surface area contributed by atoms with E-state index >= 15 is 0 Å². The summed E-state index contributed by atoms with van der Waals surface area (Å²) in [5, 5.41) is 6.43. The minimum Gasteiger partial charge on any atom is -0.337 e. The summed E-state index contributed by atoms with van der Waals surface area (Å²) in [5.41, 5.74) is 0. The second-order valence-electron chi connectivity index (χ2n) is 7.88. The van der Waals surface area contributed by atoms with Crippen molar-refractivity contribution < 1.29 is 13.2 Å². The zero-order chi connectivity index (χ0) is 20.9. The molecule has 1 heterocycles. The SMILES string of the molecule is C.C.O=C(NCC1CCCN1S(=O)(=O)c1ccc(Cl)cc1Cl)NC1CCCCCCC1. The number of carbonyl (C=O) groups is 1. The summed E-state index contributed by atoms with van der Waals surface area (Å²) in [6.45, 7) is 0.695. The first-order valence-electron chi connectivity index (χ1n) is 10.4. The topological polar surface area (TPSA) is 78.5 Å². The van der Waals surface area contributed by atoms with Gasteiger partial charge in [-0.3, -0.25) is 0 Å². The molecule has 2 aliphatic rings. The number of sulfonamides is 1. The highest BCUT2D eigenvalue weighted by molar-refractivity contribution is 7.89. The van der Waals surface area contributed by atoms with Crippen molar-refractivity contribution in [3.8, 4) is 0 Å². The maximum Gasteiger partial charge on any atom is 0.315 e. The largest absolute Gasteiger partial charge is 0.337 e. The van der Waals surface area contributed by atoms with E-state index < -0.39 is 10.0 Å². The van der Waals surface area contributed by atoms with Crippen molar-refractivity contribution in [2.45, 2.75) is 89.6 Å². The van der Waals surface area contributed by atoms with Gasteiger partial charge in [0, 0.05) is 30.2 Å². The number of hydrogen-bond acceptors (Lipinski definition) is 3. The lowest BCUT2D eigenvalue weighted by Crippen LogP contribution is -2.48. The van der Waals surface area contributed by atoms with Crippen molar-refractivity contribution in [2.75, 3.05) is 13.1 Å². The van der Waals surface area contributed by atoms with Crippen molar-refractivity contribution in [3.63, 3.8) is 0 Å². The van der Waals surface area contributed by atoms with Gasteiger partial charge in [0.25, 0.3) is 0 Å². The van der Waals surface area contributed by atoms with Gasteiger partial charge in [-0.2, -0.15) is 4.31 Å². The van der Waals surface area contributed by atoms with E-state index in [1.165, 1.54) is 41.8 Å². The van der Waals surface area contributed by atoms with Crippen LogP contribution in [-0.4, -0.2) is 43.9 Å². The van der Waals surface area contributed by atoms with Gasteiger partial charge >= 0.3 is 6.03 Å². The quantitative estimate of drug-likeness (QED) is 0.541. The van der Waals surface area contributed by atoms with Crippen molar-refractivity contribution in [1.82, 2.24) is 14.9 Å². The highest BCUT2D eigenvalue weighted by atomic mass is 35.5. The minimum atomic E-state index is -3.75. The van der Waals surface area contributed by atoms with Crippen LogP contribution in [0.5, 0.6) is 0 Å². The highest BCUT2D eigenvalue weighted by Crippen LogP contribution is 2.31. The molecule has 1 saturated heterocycles. The lowest BCUT2D eigenvalue weighted by Gasteiger charge is -2.26. The summed E-state index contributed by atoms with van der Waals surface area (Å²) in [7, 11) is -3.75. The first-order valence-corrected chi connectivity index (χ1v) is 12.6. The Morgan fingerprint density at radius 2 is 1.65 bits per heavy atom. The van der Waals surface area contributed by atoms with Crippen LogP contribution in [0.2, 0.25) is 10.0 Å². The number of halogens is 2. The van der Waals surface area contributed by atoms with Crippen LogP contribution in [0, 0.1) is 0 Å². The lowest BCUT2D eigenvalue weighted by molar-refractivity contribution is 0.231. The average molecular weight is 495 g/mol. The molecule has 31 heavy (non-hydrogen) atoms. The summed E-state index contributed by atoms with van der Waals surface area (Å²) in [5.74, 6) is 0. The number of carbonyl (C=O) groups excluding carboxylic acids is 1. The van der Waals surface area contributed by atoms with Gasteiger partial charge in [0.05, 0.1) is 5.02 Å². The van der Waals surface area contributed by atoms with Crippen LogP contribution in [0.3, 0.4) is 0 Å². The van der Waals surface area contributed by atoms with E-state index in [0.717, 1.165) is 32.1 Å². The molecule has 1 aliphatic heterocycles. The van der Waals surface area contributed by atoms with Crippen molar-refractivity contribution in [2.24, 2.45) is 0 Å². The molecule has 0 aromatic heterocycles. The maximum absolute atomic E-state index is 13.1. The number of benzene rings is 1. The Kier molecular flexibility index (Phi) is 11.6. The van der Waals surface area contributed by atoms with Gasteiger partial charge < -0.3 is 10.6 Å². The molecule has 1 aromatic carbocycles. The van der Waals surface area contributed by atoms with E-state index in [-0.39, 0.29) is 49.4 Å². The summed E-state index contributed by atoms with van der Waals surface area (Å²) < 4.78 is 27.6. The Labute approximate surface area is 198 Å².